The first-order valence-corrected chi connectivity index (χ1v) is 7.31. The third-order valence-corrected chi connectivity index (χ3v) is 3.79. The molecule has 0 saturated heterocycles. The molecular weight excluding hydrogens is 276 g/mol. The molecule has 0 saturated carbocycles. The van der Waals surface area contributed by atoms with E-state index in [4.69, 9.17) is 8.83 Å². The molecule has 0 aliphatic heterocycles. The number of benzene rings is 1. The summed E-state index contributed by atoms with van der Waals surface area (Å²) in [4.78, 5) is 4.43. The molecule has 0 bridgehead atoms. The quantitative estimate of drug-likeness (QED) is 0.573. The lowest BCUT2D eigenvalue weighted by Crippen LogP contribution is -2.07. The summed E-state index contributed by atoms with van der Waals surface area (Å²) in [6.45, 7) is 4.00. The van der Waals surface area contributed by atoms with Gasteiger partial charge in [0.05, 0.1) is 11.4 Å². The fourth-order valence-corrected chi connectivity index (χ4v) is 2.70. The van der Waals surface area contributed by atoms with E-state index < -0.39 is 0 Å². The number of aryl methyl sites for hydroxylation is 1. The fourth-order valence-electron chi connectivity index (χ4n) is 2.70. The predicted octanol–water partition coefficient (Wildman–Crippen LogP) is 5.06. The molecule has 22 heavy (non-hydrogen) atoms. The summed E-state index contributed by atoms with van der Waals surface area (Å²) in [5.41, 5.74) is 1.74. The maximum Gasteiger partial charge on any atom is 0.139 e. The molecule has 110 valence electrons. The lowest BCUT2D eigenvalue weighted by molar-refractivity contribution is 0.526. The van der Waals surface area contributed by atoms with Gasteiger partial charge in [-0.25, -0.2) is 4.98 Å². The van der Waals surface area contributed by atoms with Crippen molar-refractivity contribution in [3.63, 3.8) is 0 Å². The Hall–Kier alpha value is -2.75. The van der Waals surface area contributed by atoms with Crippen molar-refractivity contribution in [3.05, 3.63) is 60.2 Å². The normalized spacial score (nSPS) is 12.8. The minimum Gasteiger partial charge on any atom is -0.461 e. The first-order valence-electron chi connectivity index (χ1n) is 7.31. The molecule has 3 aromatic heterocycles. The Labute approximate surface area is 127 Å². The van der Waals surface area contributed by atoms with Gasteiger partial charge in [-0.1, -0.05) is 18.2 Å². The van der Waals surface area contributed by atoms with Crippen molar-refractivity contribution in [3.8, 4) is 0 Å². The zero-order valence-corrected chi connectivity index (χ0v) is 12.5. The average molecular weight is 292 g/mol. The largest absolute Gasteiger partial charge is 0.461 e. The van der Waals surface area contributed by atoms with Crippen LogP contribution in [0.1, 0.15) is 24.5 Å². The topological polar surface area (TPSA) is 51.2 Å². The van der Waals surface area contributed by atoms with E-state index in [2.05, 4.69) is 23.3 Å². The van der Waals surface area contributed by atoms with E-state index in [1.807, 2.05) is 43.3 Å². The lowest BCUT2D eigenvalue weighted by Gasteiger charge is -2.12. The van der Waals surface area contributed by atoms with Gasteiger partial charge < -0.3 is 14.2 Å². The van der Waals surface area contributed by atoms with Crippen LogP contribution in [0.4, 0.5) is 5.82 Å². The van der Waals surface area contributed by atoms with Crippen LogP contribution in [-0.4, -0.2) is 4.98 Å². The van der Waals surface area contributed by atoms with Gasteiger partial charge in [-0.2, -0.15) is 0 Å². The Balaban J connectivity index is 1.69. The second-order valence-corrected chi connectivity index (χ2v) is 5.48. The van der Waals surface area contributed by atoms with Crippen molar-refractivity contribution < 1.29 is 8.83 Å². The molecule has 4 heteroatoms. The smallest absolute Gasteiger partial charge is 0.139 e. The van der Waals surface area contributed by atoms with Gasteiger partial charge in [0.2, 0.25) is 0 Å². The zero-order chi connectivity index (χ0) is 15.1. The number of aromatic nitrogens is 1. The molecule has 4 rings (SSSR count). The average Bonchev–Trinajstić information content (AvgIpc) is 3.10. The summed E-state index contributed by atoms with van der Waals surface area (Å²) in [6, 6.07) is 14.0. The molecule has 0 amide bonds. The van der Waals surface area contributed by atoms with Gasteiger partial charge in [0.25, 0.3) is 0 Å². The standard InChI is InChI=1S/C18H16N2O2/c1-11-9-14-16(21-11)7-8-19-18(14)20-12(2)17-10-13-5-3-4-6-15(13)22-17/h3-10,12H,1-2H3,(H,19,20)/t12-/m1/s1. The lowest BCUT2D eigenvalue weighted by atomic mass is 10.2. The van der Waals surface area contributed by atoms with E-state index in [-0.39, 0.29) is 6.04 Å². The van der Waals surface area contributed by atoms with Crippen LogP contribution in [0.3, 0.4) is 0 Å². The van der Waals surface area contributed by atoms with E-state index in [1.54, 1.807) is 6.20 Å². The maximum absolute atomic E-state index is 5.91. The number of fused-ring (bicyclic) bond motifs is 2. The molecule has 0 unspecified atom stereocenters. The highest BCUT2D eigenvalue weighted by molar-refractivity contribution is 5.88. The van der Waals surface area contributed by atoms with Crippen molar-refractivity contribution in [1.82, 2.24) is 4.98 Å². The third-order valence-electron chi connectivity index (χ3n) is 3.79. The molecule has 1 N–H and O–H groups in total. The molecule has 0 aliphatic carbocycles. The van der Waals surface area contributed by atoms with Crippen molar-refractivity contribution in [2.24, 2.45) is 0 Å². The number of pyridine rings is 1. The minimum atomic E-state index is 0.0145. The van der Waals surface area contributed by atoms with Crippen molar-refractivity contribution in [1.29, 1.82) is 0 Å². The van der Waals surface area contributed by atoms with Crippen LogP contribution in [0, 0.1) is 6.92 Å². The fraction of sp³-hybridized carbons (Fsp3) is 0.167. The van der Waals surface area contributed by atoms with E-state index in [1.165, 1.54) is 0 Å². The van der Waals surface area contributed by atoms with Gasteiger partial charge in [0.1, 0.15) is 28.5 Å². The number of para-hydroxylation sites is 1. The number of furan rings is 2. The van der Waals surface area contributed by atoms with Gasteiger partial charge in [0.15, 0.2) is 0 Å². The molecular formula is C18H16N2O2. The van der Waals surface area contributed by atoms with Crippen LogP contribution in [-0.2, 0) is 0 Å². The van der Waals surface area contributed by atoms with Crippen molar-refractivity contribution in [2.45, 2.75) is 19.9 Å². The monoisotopic (exact) mass is 292 g/mol. The zero-order valence-electron chi connectivity index (χ0n) is 12.5. The van der Waals surface area contributed by atoms with Crippen LogP contribution < -0.4 is 5.32 Å². The van der Waals surface area contributed by atoms with Crippen molar-refractivity contribution in [2.75, 3.05) is 5.32 Å². The van der Waals surface area contributed by atoms with Crippen LogP contribution in [0.2, 0.25) is 0 Å². The first kappa shape index (κ1) is 13.0. The molecule has 0 fully saturated rings. The Bertz CT molecular complexity index is 919. The van der Waals surface area contributed by atoms with Gasteiger partial charge >= 0.3 is 0 Å². The maximum atomic E-state index is 5.91. The van der Waals surface area contributed by atoms with E-state index >= 15 is 0 Å². The molecule has 4 aromatic rings. The second kappa shape index (κ2) is 4.91. The van der Waals surface area contributed by atoms with Crippen LogP contribution in [0.5, 0.6) is 0 Å². The number of nitrogens with one attached hydrogen (secondary N) is 1. The Kier molecular flexibility index (Phi) is 2.89. The third kappa shape index (κ3) is 2.13. The number of anilines is 1. The molecule has 3 heterocycles. The predicted molar refractivity (Wildman–Crippen MR) is 87.0 cm³/mol. The van der Waals surface area contributed by atoms with Crippen LogP contribution in [0.15, 0.2) is 57.5 Å². The summed E-state index contributed by atoms with van der Waals surface area (Å²) in [7, 11) is 0. The van der Waals surface area contributed by atoms with E-state index in [9.17, 15) is 0 Å². The van der Waals surface area contributed by atoms with Crippen LogP contribution >= 0.6 is 0 Å². The Morgan fingerprint density at radius 3 is 2.77 bits per heavy atom. The molecule has 4 nitrogen and oxygen atoms in total. The van der Waals surface area contributed by atoms with E-state index in [0.717, 1.165) is 39.3 Å². The highest BCUT2D eigenvalue weighted by Gasteiger charge is 2.14. The number of rotatable bonds is 3. The highest BCUT2D eigenvalue weighted by Crippen LogP contribution is 2.29. The Morgan fingerprint density at radius 1 is 1.05 bits per heavy atom. The highest BCUT2D eigenvalue weighted by atomic mass is 16.3. The molecule has 1 atom stereocenters. The van der Waals surface area contributed by atoms with Gasteiger partial charge in [0, 0.05) is 11.6 Å². The molecule has 0 spiro atoms. The molecule has 1 aromatic carbocycles. The van der Waals surface area contributed by atoms with Gasteiger partial charge in [-0.3, -0.25) is 0 Å². The minimum absolute atomic E-state index is 0.0145. The number of nitrogens with zero attached hydrogens (tertiary/aromatic N) is 1. The van der Waals surface area contributed by atoms with Gasteiger partial charge in [-0.15, -0.1) is 0 Å². The molecule has 0 aliphatic rings. The summed E-state index contributed by atoms with van der Waals surface area (Å²) >= 11 is 0. The Morgan fingerprint density at radius 2 is 1.91 bits per heavy atom. The second-order valence-electron chi connectivity index (χ2n) is 5.48. The van der Waals surface area contributed by atoms with Crippen LogP contribution in [0.25, 0.3) is 21.9 Å². The first-order chi connectivity index (χ1) is 10.7. The molecule has 0 radical (unpaired) electrons. The van der Waals surface area contributed by atoms with Crippen molar-refractivity contribution >= 4 is 27.8 Å². The number of hydrogen-bond acceptors (Lipinski definition) is 4. The van der Waals surface area contributed by atoms with E-state index in [0.29, 0.717) is 0 Å². The summed E-state index contributed by atoms with van der Waals surface area (Å²) < 4.78 is 11.5. The summed E-state index contributed by atoms with van der Waals surface area (Å²) in [5, 5.41) is 5.51. The summed E-state index contributed by atoms with van der Waals surface area (Å²) in [5.74, 6) is 2.57. The summed E-state index contributed by atoms with van der Waals surface area (Å²) in [6.07, 6.45) is 1.75. The SMILES string of the molecule is Cc1cc2c(N[C@H](C)c3cc4ccccc4o3)nccc2o1. The van der Waals surface area contributed by atoms with Gasteiger partial charge in [-0.05, 0) is 38.1 Å². The number of hydrogen-bond donors (Lipinski definition) is 1.